The number of hydrogen-bond donors (Lipinski definition) is 0. The summed E-state index contributed by atoms with van der Waals surface area (Å²) in [6.07, 6.45) is 0.0294. The van der Waals surface area contributed by atoms with E-state index in [1.807, 2.05) is 24.3 Å². The number of rotatable bonds is 3. The highest BCUT2D eigenvalue weighted by Crippen LogP contribution is 2.39. The standard InChI is InChI=1S/C12H13FO3/c1-15-12(14)10-6-8-4-2-3-5-9(8)11(10)16-7-13/h2-5,10-11H,6-7H2,1H3. The van der Waals surface area contributed by atoms with Gasteiger partial charge in [0.25, 0.3) is 0 Å². The lowest BCUT2D eigenvalue weighted by molar-refractivity contribution is -0.152. The fourth-order valence-corrected chi connectivity index (χ4v) is 2.19. The van der Waals surface area contributed by atoms with Crippen LogP contribution < -0.4 is 0 Å². The molecule has 0 aromatic heterocycles. The Balaban J connectivity index is 2.29. The number of carbonyl (C=O) groups is 1. The number of esters is 1. The molecule has 2 unspecified atom stereocenters. The second-order valence-corrected chi connectivity index (χ2v) is 3.73. The van der Waals surface area contributed by atoms with Crippen molar-refractivity contribution in [2.75, 3.05) is 14.0 Å². The lowest BCUT2D eigenvalue weighted by Gasteiger charge is -2.17. The number of ether oxygens (including phenoxy) is 2. The van der Waals surface area contributed by atoms with Crippen LogP contribution >= 0.6 is 0 Å². The summed E-state index contributed by atoms with van der Waals surface area (Å²) in [6, 6.07) is 7.53. The minimum Gasteiger partial charge on any atom is -0.469 e. The first-order valence-electron chi connectivity index (χ1n) is 5.11. The number of alkyl halides is 1. The van der Waals surface area contributed by atoms with Gasteiger partial charge in [-0.3, -0.25) is 4.79 Å². The van der Waals surface area contributed by atoms with Gasteiger partial charge in [-0.15, -0.1) is 0 Å². The van der Waals surface area contributed by atoms with Crippen molar-refractivity contribution in [1.29, 1.82) is 0 Å². The molecule has 2 atom stereocenters. The van der Waals surface area contributed by atoms with Gasteiger partial charge in [-0.05, 0) is 17.5 Å². The summed E-state index contributed by atoms with van der Waals surface area (Å²) in [5, 5.41) is 0. The maximum atomic E-state index is 12.3. The smallest absolute Gasteiger partial charge is 0.312 e. The van der Waals surface area contributed by atoms with Crippen LogP contribution in [0.5, 0.6) is 0 Å². The van der Waals surface area contributed by atoms with Crippen molar-refractivity contribution in [2.24, 2.45) is 5.92 Å². The Morgan fingerprint density at radius 1 is 1.50 bits per heavy atom. The molecule has 0 saturated heterocycles. The first-order valence-corrected chi connectivity index (χ1v) is 5.11. The highest BCUT2D eigenvalue weighted by Gasteiger charge is 2.38. The Morgan fingerprint density at radius 2 is 2.25 bits per heavy atom. The van der Waals surface area contributed by atoms with Crippen LogP contribution in [0.1, 0.15) is 17.2 Å². The molecule has 0 heterocycles. The van der Waals surface area contributed by atoms with Crippen molar-refractivity contribution in [3.63, 3.8) is 0 Å². The average Bonchev–Trinajstić information content (AvgIpc) is 2.68. The molecule has 86 valence electrons. The Morgan fingerprint density at radius 3 is 2.94 bits per heavy atom. The molecule has 0 aliphatic heterocycles. The summed E-state index contributed by atoms with van der Waals surface area (Å²) in [7, 11) is 1.33. The molecule has 2 rings (SSSR count). The van der Waals surface area contributed by atoms with Gasteiger partial charge in [0, 0.05) is 0 Å². The van der Waals surface area contributed by atoms with Crippen LogP contribution in [0, 0.1) is 5.92 Å². The van der Waals surface area contributed by atoms with Gasteiger partial charge >= 0.3 is 5.97 Å². The normalized spacial score (nSPS) is 22.9. The van der Waals surface area contributed by atoms with Gasteiger partial charge in [0.05, 0.1) is 19.1 Å². The zero-order chi connectivity index (χ0) is 11.5. The molecule has 4 heteroatoms. The van der Waals surface area contributed by atoms with Crippen molar-refractivity contribution < 1.29 is 18.7 Å². The third-order valence-electron chi connectivity index (χ3n) is 2.91. The number of fused-ring (bicyclic) bond motifs is 1. The molecule has 3 nitrogen and oxygen atoms in total. The second kappa shape index (κ2) is 4.61. The Bertz CT molecular complexity index is 392. The van der Waals surface area contributed by atoms with Gasteiger partial charge in [-0.25, -0.2) is 4.39 Å². The van der Waals surface area contributed by atoms with Crippen molar-refractivity contribution in [3.8, 4) is 0 Å². The molecule has 0 saturated carbocycles. The number of benzene rings is 1. The van der Waals surface area contributed by atoms with E-state index in [-0.39, 0.29) is 5.97 Å². The van der Waals surface area contributed by atoms with E-state index in [0.29, 0.717) is 6.42 Å². The van der Waals surface area contributed by atoms with Crippen LogP contribution in [-0.4, -0.2) is 19.9 Å². The van der Waals surface area contributed by atoms with E-state index in [0.717, 1.165) is 11.1 Å². The third kappa shape index (κ3) is 1.80. The topological polar surface area (TPSA) is 35.5 Å². The largest absolute Gasteiger partial charge is 0.469 e. The molecule has 0 bridgehead atoms. The quantitative estimate of drug-likeness (QED) is 0.737. The molecule has 16 heavy (non-hydrogen) atoms. The molecular formula is C12H13FO3. The number of halogens is 1. The first kappa shape index (κ1) is 11.1. The summed E-state index contributed by atoms with van der Waals surface area (Å²) >= 11 is 0. The Hall–Kier alpha value is -1.42. The molecular weight excluding hydrogens is 211 g/mol. The van der Waals surface area contributed by atoms with Gasteiger partial charge in [-0.1, -0.05) is 24.3 Å². The summed E-state index contributed by atoms with van der Waals surface area (Å²) in [4.78, 5) is 11.5. The van der Waals surface area contributed by atoms with E-state index >= 15 is 0 Å². The van der Waals surface area contributed by atoms with Gasteiger partial charge in [-0.2, -0.15) is 0 Å². The molecule has 1 aromatic carbocycles. The molecule has 0 amide bonds. The van der Waals surface area contributed by atoms with Crippen molar-refractivity contribution >= 4 is 5.97 Å². The molecule has 0 spiro atoms. The summed E-state index contributed by atoms with van der Waals surface area (Å²) < 4.78 is 22.0. The van der Waals surface area contributed by atoms with Crippen LogP contribution in [0.2, 0.25) is 0 Å². The van der Waals surface area contributed by atoms with Crippen LogP contribution in [-0.2, 0) is 20.7 Å². The monoisotopic (exact) mass is 224 g/mol. The maximum absolute atomic E-state index is 12.3. The Kier molecular flexibility index (Phi) is 3.19. The van der Waals surface area contributed by atoms with Gasteiger partial charge in [0.15, 0.2) is 6.86 Å². The molecule has 1 aliphatic carbocycles. The van der Waals surface area contributed by atoms with E-state index < -0.39 is 18.9 Å². The first-order chi connectivity index (χ1) is 7.77. The van der Waals surface area contributed by atoms with Gasteiger partial charge < -0.3 is 9.47 Å². The second-order valence-electron chi connectivity index (χ2n) is 3.73. The molecule has 0 radical (unpaired) electrons. The van der Waals surface area contributed by atoms with Crippen molar-refractivity contribution in [1.82, 2.24) is 0 Å². The van der Waals surface area contributed by atoms with Crippen molar-refractivity contribution in [3.05, 3.63) is 35.4 Å². The molecule has 0 N–H and O–H groups in total. The van der Waals surface area contributed by atoms with Gasteiger partial charge in [0.1, 0.15) is 0 Å². The highest BCUT2D eigenvalue weighted by molar-refractivity contribution is 5.75. The Labute approximate surface area is 93.2 Å². The predicted molar refractivity (Wildman–Crippen MR) is 55.5 cm³/mol. The maximum Gasteiger partial charge on any atom is 0.312 e. The van der Waals surface area contributed by atoms with Crippen molar-refractivity contribution in [2.45, 2.75) is 12.5 Å². The number of hydrogen-bond acceptors (Lipinski definition) is 3. The minimum absolute atomic E-state index is 0.352. The SMILES string of the molecule is COC(=O)C1Cc2ccccc2C1OCF. The minimum atomic E-state index is -0.896. The summed E-state index contributed by atoms with van der Waals surface area (Å²) in [5.74, 6) is -0.784. The zero-order valence-electron chi connectivity index (χ0n) is 8.98. The molecule has 0 fully saturated rings. The summed E-state index contributed by atoms with van der Waals surface area (Å²) in [6.45, 7) is -0.896. The summed E-state index contributed by atoms with van der Waals surface area (Å²) in [5.41, 5.74) is 1.91. The van der Waals surface area contributed by atoms with Crippen LogP contribution in [0.3, 0.4) is 0 Å². The fourth-order valence-electron chi connectivity index (χ4n) is 2.19. The molecule has 1 aromatic rings. The van der Waals surface area contributed by atoms with E-state index in [1.54, 1.807) is 0 Å². The highest BCUT2D eigenvalue weighted by atomic mass is 19.1. The number of carbonyl (C=O) groups excluding carboxylic acids is 1. The third-order valence-corrected chi connectivity index (χ3v) is 2.91. The predicted octanol–water partition coefficient (Wildman–Crippen LogP) is 2.02. The van der Waals surface area contributed by atoms with E-state index in [1.165, 1.54) is 7.11 Å². The zero-order valence-corrected chi connectivity index (χ0v) is 8.98. The fraction of sp³-hybridized carbons (Fsp3) is 0.417. The number of methoxy groups -OCH3 is 1. The lowest BCUT2D eigenvalue weighted by Crippen LogP contribution is -2.22. The van der Waals surface area contributed by atoms with Crippen LogP contribution in [0.15, 0.2) is 24.3 Å². The van der Waals surface area contributed by atoms with E-state index in [4.69, 9.17) is 9.47 Å². The van der Waals surface area contributed by atoms with Crippen LogP contribution in [0.25, 0.3) is 0 Å². The van der Waals surface area contributed by atoms with Crippen LogP contribution in [0.4, 0.5) is 4.39 Å². The van der Waals surface area contributed by atoms with E-state index in [2.05, 4.69) is 0 Å². The lowest BCUT2D eigenvalue weighted by atomic mass is 10.0. The van der Waals surface area contributed by atoms with Gasteiger partial charge in [0.2, 0.25) is 0 Å². The van der Waals surface area contributed by atoms with E-state index in [9.17, 15) is 9.18 Å². The molecule has 1 aliphatic rings. The average molecular weight is 224 g/mol.